The van der Waals surface area contributed by atoms with Gasteiger partial charge in [-0.05, 0) is 30.5 Å². The number of nitrogens with zero attached hydrogens (tertiary/aromatic N) is 2. The fourth-order valence-electron chi connectivity index (χ4n) is 3.46. The van der Waals surface area contributed by atoms with Crippen LogP contribution in [-0.2, 0) is 19.7 Å². The lowest BCUT2D eigenvalue weighted by Gasteiger charge is -2.08. The van der Waals surface area contributed by atoms with Crippen molar-refractivity contribution in [3.05, 3.63) is 66.0 Å². The highest BCUT2D eigenvalue weighted by atomic mass is 32.2. The van der Waals surface area contributed by atoms with Gasteiger partial charge in [0.15, 0.2) is 19.7 Å². The Morgan fingerprint density at radius 3 is 2.12 bits per heavy atom. The van der Waals surface area contributed by atoms with Crippen LogP contribution in [0.15, 0.2) is 69.6 Å². The minimum atomic E-state index is -4.07. The zero-order chi connectivity index (χ0) is 23.4. The highest BCUT2D eigenvalue weighted by Gasteiger charge is 2.36. The van der Waals surface area contributed by atoms with Gasteiger partial charge in [-0.15, -0.1) is 0 Å². The standard InChI is InChI=1S/C22H25N3O5S2/c1-3-14-31(27,28)20-18-12-8-9-13-25(18)19(21(20)32(29,30)15-4-2)22(26)24-23-16-17-10-6-5-7-11-17/h5-13,16H,3-4,14-15H2,1-2H3,(H,24,26)/b23-16-. The van der Waals surface area contributed by atoms with Crippen LogP contribution >= 0.6 is 0 Å². The van der Waals surface area contributed by atoms with Crippen LogP contribution in [-0.4, -0.2) is 44.9 Å². The summed E-state index contributed by atoms with van der Waals surface area (Å²) < 4.78 is 53.9. The molecule has 8 nitrogen and oxygen atoms in total. The molecule has 32 heavy (non-hydrogen) atoms. The number of hydrogen-bond donors (Lipinski definition) is 1. The number of fused-ring (bicyclic) bond motifs is 1. The van der Waals surface area contributed by atoms with E-state index < -0.39 is 30.5 Å². The molecule has 0 saturated carbocycles. The second-order valence-electron chi connectivity index (χ2n) is 7.21. The van der Waals surface area contributed by atoms with E-state index >= 15 is 0 Å². The third kappa shape index (κ3) is 4.76. The summed E-state index contributed by atoms with van der Waals surface area (Å²) in [4.78, 5) is 12.3. The van der Waals surface area contributed by atoms with Crippen molar-refractivity contribution in [1.29, 1.82) is 0 Å². The number of carbonyl (C=O) groups excluding carboxylic acids is 1. The van der Waals surface area contributed by atoms with E-state index in [4.69, 9.17) is 0 Å². The molecule has 0 unspecified atom stereocenters. The number of rotatable bonds is 9. The SMILES string of the molecule is CCCS(=O)(=O)c1c(S(=O)(=O)CCC)c2ccccn2c1C(=O)N/N=C\c1ccccc1. The Morgan fingerprint density at radius 1 is 0.906 bits per heavy atom. The van der Waals surface area contributed by atoms with E-state index in [1.807, 2.05) is 18.2 Å². The van der Waals surface area contributed by atoms with Gasteiger partial charge in [0.25, 0.3) is 5.91 Å². The Balaban J connectivity index is 2.23. The molecule has 0 spiro atoms. The number of pyridine rings is 1. The molecule has 0 bridgehead atoms. The predicted molar refractivity (Wildman–Crippen MR) is 124 cm³/mol. The third-order valence-electron chi connectivity index (χ3n) is 4.72. The lowest BCUT2D eigenvalue weighted by atomic mass is 10.2. The molecular weight excluding hydrogens is 450 g/mol. The minimum absolute atomic E-state index is 0.146. The van der Waals surface area contributed by atoms with Gasteiger partial charge in [0.1, 0.15) is 15.5 Å². The molecule has 1 aromatic carbocycles. The summed E-state index contributed by atoms with van der Waals surface area (Å²) in [6.45, 7) is 3.37. The Labute approximate surface area is 187 Å². The maximum absolute atomic E-state index is 13.2. The van der Waals surface area contributed by atoms with Gasteiger partial charge >= 0.3 is 0 Å². The third-order valence-corrected chi connectivity index (χ3v) is 8.79. The van der Waals surface area contributed by atoms with Gasteiger partial charge in [-0.3, -0.25) is 4.79 Å². The van der Waals surface area contributed by atoms with Crippen LogP contribution in [0.2, 0.25) is 0 Å². The lowest BCUT2D eigenvalue weighted by Crippen LogP contribution is -2.23. The Hall–Kier alpha value is -2.98. The first-order chi connectivity index (χ1) is 15.2. The number of amides is 1. The van der Waals surface area contributed by atoms with E-state index in [0.29, 0.717) is 6.42 Å². The molecule has 2 aromatic heterocycles. The number of hydrazone groups is 1. The molecule has 0 saturated heterocycles. The van der Waals surface area contributed by atoms with E-state index in [-0.39, 0.29) is 34.0 Å². The lowest BCUT2D eigenvalue weighted by molar-refractivity contribution is 0.0945. The molecular formula is C22H25N3O5S2. The molecule has 0 aliphatic heterocycles. The molecule has 170 valence electrons. The van der Waals surface area contributed by atoms with Gasteiger partial charge in [0.2, 0.25) is 0 Å². The van der Waals surface area contributed by atoms with E-state index in [2.05, 4.69) is 10.5 Å². The summed E-state index contributed by atoms with van der Waals surface area (Å²) in [6.07, 6.45) is 3.47. The minimum Gasteiger partial charge on any atom is -0.310 e. The van der Waals surface area contributed by atoms with E-state index in [1.165, 1.54) is 22.9 Å². The van der Waals surface area contributed by atoms with Crippen LogP contribution in [0, 0.1) is 0 Å². The van der Waals surface area contributed by atoms with Crippen molar-refractivity contribution >= 4 is 37.3 Å². The molecule has 0 aliphatic rings. The largest absolute Gasteiger partial charge is 0.310 e. The summed E-state index contributed by atoms with van der Waals surface area (Å²) in [5.41, 5.74) is 2.95. The molecule has 0 fully saturated rings. The molecule has 0 aliphatic carbocycles. The zero-order valence-electron chi connectivity index (χ0n) is 17.9. The van der Waals surface area contributed by atoms with Crippen molar-refractivity contribution in [3.63, 3.8) is 0 Å². The number of benzene rings is 1. The normalized spacial score (nSPS) is 12.4. The molecule has 0 radical (unpaired) electrons. The number of nitrogens with one attached hydrogen (secondary N) is 1. The second-order valence-corrected chi connectivity index (χ2v) is 11.3. The number of carbonyl (C=O) groups is 1. The maximum Gasteiger partial charge on any atom is 0.289 e. The predicted octanol–water partition coefficient (Wildman–Crippen LogP) is 3.07. The number of sulfone groups is 2. The van der Waals surface area contributed by atoms with Crippen LogP contribution in [0.5, 0.6) is 0 Å². The highest BCUT2D eigenvalue weighted by molar-refractivity contribution is 7.94. The summed E-state index contributed by atoms with van der Waals surface area (Å²) in [7, 11) is -8.03. The van der Waals surface area contributed by atoms with Gasteiger partial charge in [0.05, 0.1) is 23.2 Å². The molecule has 1 amide bonds. The van der Waals surface area contributed by atoms with Crippen molar-refractivity contribution in [2.75, 3.05) is 11.5 Å². The van der Waals surface area contributed by atoms with Crippen LogP contribution in [0.4, 0.5) is 0 Å². The van der Waals surface area contributed by atoms with Gasteiger partial charge in [-0.2, -0.15) is 5.10 Å². The first-order valence-corrected chi connectivity index (χ1v) is 13.5. The summed E-state index contributed by atoms with van der Waals surface area (Å²) in [5.74, 6) is -1.33. The summed E-state index contributed by atoms with van der Waals surface area (Å²) >= 11 is 0. The van der Waals surface area contributed by atoms with E-state index in [1.54, 1.807) is 38.1 Å². The smallest absolute Gasteiger partial charge is 0.289 e. The van der Waals surface area contributed by atoms with E-state index in [9.17, 15) is 21.6 Å². The summed E-state index contributed by atoms with van der Waals surface area (Å²) in [6, 6.07) is 13.7. The first-order valence-electron chi connectivity index (χ1n) is 10.2. The molecule has 1 N–H and O–H groups in total. The number of hydrogen-bond acceptors (Lipinski definition) is 6. The summed E-state index contributed by atoms with van der Waals surface area (Å²) in [5, 5.41) is 3.92. The Morgan fingerprint density at radius 2 is 1.50 bits per heavy atom. The van der Waals surface area contributed by atoms with Gasteiger partial charge in [0, 0.05) is 6.20 Å². The highest BCUT2D eigenvalue weighted by Crippen LogP contribution is 2.34. The van der Waals surface area contributed by atoms with Crippen molar-refractivity contribution < 1.29 is 21.6 Å². The monoisotopic (exact) mass is 475 g/mol. The van der Waals surface area contributed by atoms with Gasteiger partial charge in [-0.1, -0.05) is 50.2 Å². The quantitative estimate of drug-likeness (QED) is 0.377. The fraction of sp³-hybridized carbons (Fsp3) is 0.273. The Kier molecular flexibility index (Phi) is 7.15. The fourth-order valence-corrected chi connectivity index (χ4v) is 7.44. The van der Waals surface area contributed by atoms with Crippen molar-refractivity contribution in [3.8, 4) is 0 Å². The van der Waals surface area contributed by atoms with Crippen LogP contribution < -0.4 is 5.43 Å². The molecule has 3 rings (SSSR count). The molecule has 3 aromatic rings. The molecule has 10 heteroatoms. The van der Waals surface area contributed by atoms with Crippen LogP contribution in [0.3, 0.4) is 0 Å². The number of aromatic nitrogens is 1. The molecule has 2 heterocycles. The first kappa shape index (κ1) is 23.7. The maximum atomic E-state index is 13.2. The second kappa shape index (κ2) is 9.66. The van der Waals surface area contributed by atoms with Gasteiger partial charge in [-0.25, -0.2) is 22.3 Å². The average Bonchev–Trinajstić information content (AvgIpc) is 3.12. The average molecular weight is 476 g/mol. The van der Waals surface area contributed by atoms with Crippen molar-refractivity contribution in [2.45, 2.75) is 36.5 Å². The van der Waals surface area contributed by atoms with Crippen LogP contribution in [0.1, 0.15) is 42.7 Å². The van der Waals surface area contributed by atoms with E-state index in [0.717, 1.165) is 5.56 Å². The van der Waals surface area contributed by atoms with Gasteiger partial charge < -0.3 is 4.40 Å². The Bertz CT molecular complexity index is 1360. The zero-order valence-corrected chi connectivity index (χ0v) is 19.5. The molecule has 0 atom stereocenters. The van der Waals surface area contributed by atoms with Crippen LogP contribution in [0.25, 0.3) is 5.52 Å². The topological polar surface area (TPSA) is 114 Å². The van der Waals surface area contributed by atoms with Crippen molar-refractivity contribution in [1.82, 2.24) is 9.83 Å². The van der Waals surface area contributed by atoms with Crippen molar-refractivity contribution in [2.24, 2.45) is 5.10 Å².